The number of ether oxygens (including phenoxy) is 1. The van der Waals surface area contributed by atoms with Crippen LogP contribution in [0.4, 0.5) is 5.69 Å². The third kappa shape index (κ3) is 4.73. The molecule has 0 saturated carbocycles. The van der Waals surface area contributed by atoms with E-state index in [9.17, 15) is 0 Å². The number of unbranched alkanes of at least 4 members (excludes halogenated alkanes) is 6. The fraction of sp³-hybridized carbons (Fsp3) is 0.667. The van der Waals surface area contributed by atoms with Crippen molar-refractivity contribution in [2.24, 2.45) is 0 Å². The average molecular weight is 275 g/mol. The van der Waals surface area contributed by atoms with Crippen molar-refractivity contribution in [1.82, 2.24) is 0 Å². The summed E-state index contributed by atoms with van der Waals surface area (Å²) in [5.74, 6) is 1.05. The Morgan fingerprint density at radius 2 is 1.85 bits per heavy atom. The molecule has 0 bridgehead atoms. The van der Waals surface area contributed by atoms with Crippen molar-refractivity contribution in [1.29, 1.82) is 0 Å². The number of rotatable bonds is 9. The molecule has 0 atom stereocenters. The van der Waals surface area contributed by atoms with Crippen LogP contribution in [-0.4, -0.2) is 13.2 Å². The van der Waals surface area contributed by atoms with Gasteiger partial charge in [0, 0.05) is 6.54 Å². The molecule has 2 rings (SSSR count). The van der Waals surface area contributed by atoms with E-state index in [1.165, 1.54) is 69.0 Å². The number of hydrogen-bond donors (Lipinski definition) is 1. The van der Waals surface area contributed by atoms with Crippen molar-refractivity contribution in [3.05, 3.63) is 23.8 Å². The maximum Gasteiger partial charge on any atom is 0.142 e. The number of hydrogen-bond acceptors (Lipinski definition) is 2. The molecule has 112 valence electrons. The summed E-state index contributed by atoms with van der Waals surface area (Å²) in [6.07, 6.45) is 11.7. The Kier molecular flexibility index (Phi) is 6.76. The first kappa shape index (κ1) is 15.2. The standard InChI is InChI=1S/C18H29NO/c1-2-3-4-5-6-7-8-15-20-17-13-9-11-16-12-10-14-19-18(16)17/h9,11,13,19H,2-8,10,12,14-15H2,1H3. The molecule has 0 saturated heterocycles. The topological polar surface area (TPSA) is 21.3 Å². The van der Waals surface area contributed by atoms with E-state index in [1.807, 2.05) is 0 Å². The molecule has 0 spiro atoms. The third-order valence-electron chi connectivity index (χ3n) is 4.04. The molecule has 0 fully saturated rings. The summed E-state index contributed by atoms with van der Waals surface area (Å²) in [4.78, 5) is 0. The first-order valence-electron chi connectivity index (χ1n) is 8.40. The lowest BCUT2D eigenvalue weighted by molar-refractivity contribution is 0.305. The van der Waals surface area contributed by atoms with Gasteiger partial charge in [0.15, 0.2) is 0 Å². The van der Waals surface area contributed by atoms with E-state index in [1.54, 1.807) is 0 Å². The molecule has 20 heavy (non-hydrogen) atoms. The monoisotopic (exact) mass is 275 g/mol. The van der Waals surface area contributed by atoms with E-state index in [2.05, 4.69) is 30.4 Å². The van der Waals surface area contributed by atoms with Gasteiger partial charge in [0.05, 0.1) is 12.3 Å². The maximum atomic E-state index is 5.97. The van der Waals surface area contributed by atoms with Crippen molar-refractivity contribution in [3.63, 3.8) is 0 Å². The number of aryl methyl sites for hydroxylation is 1. The fourth-order valence-electron chi connectivity index (χ4n) is 2.84. The smallest absolute Gasteiger partial charge is 0.142 e. The quantitative estimate of drug-likeness (QED) is 0.627. The van der Waals surface area contributed by atoms with E-state index >= 15 is 0 Å². The van der Waals surface area contributed by atoms with E-state index in [-0.39, 0.29) is 0 Å². The van der Waals surface area contributed by atoms with Gasteiger partial charge in [-0.25, -0.2) is 0 Å². The minimum Gasteiger partial charge on any atom is -0.491 e. The number of benzene rings is 1. The molecular formula is C18H29NO. The van der Waals surface area contributed by atoms with Gasteiger partial charge in [-0.15, -0.1) is 0 Å². The lowest BCUT2D eigenvalue weighted by Crippen LogP contribution is -2.13. The van der Waals surface area contributed by atoms with Crippen LogP contribution in [0.15, 0.2) is 18.2 Å². The molecule has 1 aromatic rings. The highest BCUT2D eigenvalue weighted by atomic mass is 16.5. The molecule has 1 aliphatic rings. The van der Waals surface area contributed by atoms with Crippen LogP contribution >= 0.6 is 0 Å². The van der Waals surface area contributed by atoms with Crippen LogP contribution in [0.5, 0.6) is 5.75 Å². The zero-order chi connectivity index (χ0) is 14.0. The van der Waals surface area contributed by atoms with Crippen LogP contribution in [0.3, 0.4) is 0 Å². The molecule has 2 nitrogen and oxygen atoms in total. The van der Waals surface area contributed by atoms with Gasteiger partial charge < -0.3 is 10.1 Å². The first-order chi connectivity index (χ1) is 9.92. The second-order valence-corrected chi connectivity index (χ2v) is 5.79. The van der Waals surface area contributed by atoms with Gasteiger partial charge in [-0.3, -0.25) is 0 Å². The van der Waals surface area contributed by atoms with Crippen LogP contribution in [0.2, 0.25) is 0 Å². The highest BCUT2D eigenvalue weighted by molar-refractivity contribution is 5.63. The van der Waals surface area contributed by atoms with Gasteiger partial charge in [0.2, 0.25) is 0 Å². The average Bonchev–Trinajstić information content (AvgIpc) is 2.50. The summed E-state index contributed by atoms with van der Waals surface area (Å²) in [5, 5.41) is 3.48. The summed E-state index contributed by atoms with van der Waals surface area (Å²) >= 11 is 0. The zero-order valence-electron chi connectivity index (χ0n) is 12.9. The van der Waals surface area contributed by atoms with Gasteiger partial charge in [-0.1, -0.05) is 57.6 Å². The molecule has 0 aromatic heterocycles. The predicted molar refractivity (Wildman–Crippen MR) is 86.7 cm³/mol. The van der Waals surface area contributed by atoms with E-state index in [4.69, 9.17) is 4.74 Å². The highest BCUT2D eigenvalue weighted by Crippen LogP contribution is 2.32. The fourth-order valence-corrected chi connectivity index (χ4v) is 2.84. The van der Waals surface area contributed by atoms with Crippen molar-refractivity contribution >= 4 is 5.69 Å². The van der Waals surface area contributed by atoms with E-state index < -0.39 is 0 Å². The van der Waals surface area contributed by atoms with Gasteiger partial charge in [0.25, 0.3) is 0 Å². The number of nitrogens with one attached hydrogen (secondary N) is 1. The molecular weight excluding hydrogens is 246 g/mol. The summed E-state index contributed by atoms with van der Waals surface area (Å²) in [5.41, 5.74) is 2.65. The molecule has 2 heteroatoms. The molecule has 0 unspecified atom stereocenters. The van der Waals surface area contributed by atoms with Gasteiger partial charge in [-0.2, -0.15) is 0 Å². The second kappa shape index (κ2) is 8.89. The Morgan fingerprint density at radius 1 is 1.05 bits per heavy atom. The Morgan fingerprint density at radius 3 is 2.70 bits per heavy atom. The van der Waals surface area contributed by atoms with Gasteiger partial charge >= 0.3 is 0 Å². The van der Waals surface area contributed by atoms with Crippen LogP contribution in [0.1, 0.15) is 63.9 Å². The van der Waals surface area contributed by atoms with Crippen molar-refractivity contribution < 1.29 is 4.74 Å². The number of anilines is 1. The Balaban J connectivity index is 1.64. The van der Waals surface area contributed by atoms with Crippen LogP contribution in [0.25, 0.3) is 0 Å². The summed E-state index contributed by atoms with van der Waals surface area (Å²) in [7, 11) is 0. The van der Waals surface area contributed by atoms with Crippen molar-refractivity contribution in [2.75, 3.05) is 18.5 Å². The summed E-state index contributed by atoms with van der Waals surface area (Å²) < 4.78 is 5.97. The molecule has 1 N–H and O–H groups in total. The van der Waals surface area contributed by atoms with Gasteiger partial charge in [0.1, 0.15) is 5.75 Å². The van der Waals surface area contributed by atoms with Crippen LogP contribution in [-0.2, 0) is 6.42 Å². The molecule has 0 amide bonds. The lowest BCUT2D eigenvalue weighted by atomic mass is 10.0. The minimum absolute atomic E-state index is 0.853. The van der Waals surface area contributed by atoms with Crippen molar-refractivity contribution in [3.8, 4) is 5.75 Å². The molecule has 0 aliphatic carbocycles. The predicted octanol–water partition coefficient (Wildman–Crippen LogP) is 5.17. The molecule has 0 radical (unpaired) electrons. The largest absolute Gasteiger partial charge is 0.491 e. The first-order valence-corrected chi connectivity index (χ1v) is 8.40. The summed E-state index contributed by atoms with van der Waals surface area (Å²) in [6, 6.07) is 6.42. The molecule has 1 aromatic carbocycles. The van der Waals surface area contributed by atoms with E-state index in [0.717, 1.165) is 18.9 Å². The normalized spacial score (nSPS) is 13.7. The molecule has 1 heterocycles. The van der Waals surface area contributed by atoms with Crippen LogP contribution in [0, 0.1) is 0 Å². The Bertz CT molecular complexity index is 389. The SMILES string of the molecule is CCCCCCCCCOc1cccc2c1NCCC2. The highest BCUT2D eigenvalue weighted by Gasteiger charge is 2.12. The Hall–Kier alpha value is -1.18. The maximum absolute atomic E-state index is 5.97. The summed E-state index contributed by atoms with van der Waals surface area (Å²) in [6.45, 7) is 4.19. The zero-order valence-corrected chi connectivity index (χ0v) is 12.9. The number of fused-ring (bicyclic) bond motifs is 1. The van der Waals surface area contributed by atoms with Crippen molar-refractivity contribution in [2.45, 2.75) is 64.7 Å². The molecule has 1 aliphatic heterocycles. The van der Waals surface area contributed by atoms with Crippen LogP contribution < -0.4 is 10.1 Å². The minimum atomic E-state index is 0.853. The van der Waals surface area contributed by atoms with Gasteiger partial charge in [-0.05, 0) is 30.9 Å². The van der Waals surface area contributed by atoms with E-state index in [0.29, 0.717) is 0 Å². The Labute approximate surface area is 123 Å². The third-order valence-corrected chi connectivity index (χ3v) is 4.04. The second-order valence-electron chi connectivity index (χ2n) is 5.79. The number of para-hydroxylation sites is 1. The lowest BCUT2D eigenvalue weighted by Gasteiger charge is -2.21.